The summed E-state index contributed by atoms with van der Waals surface area (Å²) in [6, 6.07) is 6.40. The number of rotatable bonds is 2. The Labute approximate surface area is 79.1 Å². The predicted molar refractivity (Wildman–Crippen MR) is 54.6 cm³/mol. The van der Waals surface area contributed by atoms with Crippen molar-refractivity contribution in [3.63, 3.8) is 0 Å². The third kappa shape index (κ3) is 1.48. The SMILES string of the molecule is COc1cc(N2CCC2)ccc1C. The number of hydrogen-bond acceptors (Lipinski definition) is 2. The van der Waals surface area contributed by atoms with Gasteiger partial charge >= 0.3 is 0 Å². The lowest BCUT2D eigenvalue weighted by molar-refractivity contribution is 0.411. The molecule has 1 aromatic rings. The first-order chi connectivity index (χ1) is 6.31. The molecule has 0 atom stereocenters. The summed E-state index contributed by atoms with van der Waals surface area (Å²) in [7, 11) is 1.72. The molecule has 0 aromatic heterocycles. The van der Waals surface area contributed by atoms with Crippen molar-refractivity contribution < 1.29 is 4.74 Å². The molecular formula is C11H15NO. The summed E-state index contributed by atoms with van der Waals surface area (Å²) < 4.78 is 5.28. The summed E-state index contributed by atoms with van der Waals surface area (Å²) in [4.78, 5) is 2.36. The van der Waals surface area contributed by atoms with E-state index in [-0.39, 0.29) is 0 Å². The molecule has 1 fully saturated rings. The van der Waals surface area contributed by atoms with E-state index < -0.39 is 0 Å². The first-order valence-corrected chi connectivity index (χ1v) is 4.71. The van der Waals surface area contributed by atoms with E-state index in [1.54, 1.807) is 7.11 Å². The molecule has 1 aliphatic rings. The number of anilines is 1. The molecule has 70 valence electrons. The molecule has 0 bridgehead atoms. The molecular weight excluding hydrogens is 162 g/mol. The summed E-state index contributed by atoms with van der Waals surface area (Å²) >= 11 is 0. The monoisotopic (exact) mass is 177 g/mol. The minimum absolute atomic E-state index is 0.990. The highest BCUT2D eigenvalue weighted by atomic mass is 16.5. The molecule has 0 N–H and O–H groups in total. The molecule has 0 spiro atoms. The van der Waals surface area contributed by atoms with Crippen LogP contribution in [-0.2, 0) is 0 Å². The van der Waals surface area contributed by atoms with Crippen LogP contribution in [0, 0.1) is 6.92 Å². The van der Waals surface area contributed by atoms with E-state index in [1.165, 1.54) is 30.8 Å². The van der Waals surface area contributed by atoms with Gasteiger partial charge in [0.1, 0.15) is 5.75 Å². The standard InChI is InChI=1S/C11H15NO/c1-9-4-5-10(8-11(9)13-2)12-6-3-7-12/h4-5,8H,3,6-7H2,1-2H3. The van der Waals surface area contributed by atoms with Crippen molar-refractivity contribution in [1.82, 2.24) is 0 Å². The molecule has 1 saturated heterocycles. The zero-order chi connectivity index (χ0) is 9.26. The Kier molecular flexibility index (Phi) is 2.13. The van der Waals surface area contributed by atoms with Crippen LogP contribution in [0.25, 0.3) is 0 Å². The van der Waals surface area contributed by atoms with Gasteiger partial charge < -0.3 is 9.64 Å². The van der Waals surface area contributed by atoms with Gasteiger partial charge in [0.25, 0.3) is 0 Å². The fourth-order valence-corrected chi connectivity index (χ4v) is 1.58. The topological polar surface area (TPSA) is 12.5 Å². The Bertz CT molecular complexity index is 305. The van der Waals surface area contributed by atoms with Crippen molar-refractivity contribution in [3.05, 3.63) is 23.8 Å². The van der Waals surface area contributed by atoms with Crippen LogP contribution in [0.15, 0.2) is 18.2 Å². The lowest BCUT2D eigenvalue weighted by Crippen LogP contribution is -2.36. The average molecular weight is 177 g/mol. The summed E-state index contributed by atoms with van der Waals surface area (Å²) in [6.45, 7) is 4.44. The molecule has 0 aliphatic carbocycles. The van der Waals surface area contributed by atoms with Crippen LogP contribution in [0.5, 0.6) is 5.75 Å². The molecule has 1 heterocycles. The first kappa shape index (κ1) is 8.42. The maximum absolute atomic E-state index is 5.28. The second-order valence-electron chi connectivity index (χ2n) is 3.49. The molecule has 1 aliphatic heterocycles. The van der Waals surface area contributed by atoms with Crippen LogP contribution >= 0.6 is 0 Å². The molecule has 13 heavy (non-hydrogen) atoms. The highest BCUT2D eigenvalue weighted by Gasteiger charge is 2.14. The molecule has 0 amide bonds. The Morgan fingerprint density at radius 3 is 2.62 bits per heavy atom. The summed E-state index contributed by atoms with van der Waals surface area (Å²) in [5.74, 6) is 0.990. The quantitative estimate of drug-likeness (QED) is 0.686. The number of aryl methyl sites for hydroxylation is 1. The van der Waals surface area contributed by atoms with Crippen molar-refractivity contribution >= 4 is 5.69 Å². The van der Waals surface area contributed by atoms with Crippen molar-refractivity contribution in [2.45, 2.75) is 13.3 Å². The van der Waals surface area contributed by atoms with Gasteiger partial charge in [0.15, 0.2) is 0 Å². The Morgan fingerprint density at radius 1 is 1.31 bits per heavy atom. The highest BCUT2D eigenvalue weighted by Crippen LogP contribution is 2.27. The van der Waals surface area contributed by atoms with E-state index in [4.69, 9.17) is 4.74 Å². The number of methoxy groups -OCH3 is 1. The summed E-state index contributed by atoms with van der Waals surface area (Å²) in [6.07, 6.45) is 1.32. The van der Waals surface area contributed by atoms with Crippen molar-refractivity contribution in [2.24, 2.45) is 0 Å². The molecule has 2 rings (SSSR count). The number of hydrogen-bond donors (Lipinski definition) is 0. The van der Waals surface area contributed by atoms with E-state index in [2.05, 4.69) is 30.0 Å². The van der Waals surface area contributed by atoms with Gasteiger partial charge in [-0.1, -0.05) is 6.07 Å². The van der Waals surface area contributed by atoms with Crippen LogP contribution in [-0.4, -0.2) is 20.2 Å². The molecule has 0 unspecified atom stereocenters. The van der Waals surface area contributed by atoms with E-state index in [0.717, 1.165) is 5.75 Å². The maximum Gasteiger partial charge on any atom is 0.123 e. The lowest BCUT2D eigenvalue weighted by atomic mass is 10.1. The van der Waals surface area contributed by atoms with Crippen LogP contribution in [0.1, 0.15) is 12.0 Å². The van der Waals surface area contributed by atoms with Gasteiger partial charge in [-0.3, -0.25) is 0 Å². The molecule has 1 aromatic carbocycles. The van der Waals surface area contributed by atoms with Crippen LogP contribution < -0.4 is 9.64 Å². The number of benzene rings is 1. The van der Waals surface area contributed by atoms with Crippen LogP contribution in [0.2, 0.25) is 0 Å². The predicted octanol–water partition coefficient (Wildman–Crippen LogP) is 2.21. The maximum atomic E-state index is 5.28. The van der Waals surface area contributed by atoms with Gasteiger partial charge in [0, 0.05) is 24.8 Å². The van der Waals surface area contributed by atoms with Gasteiger partial charge in [-0.15, -0.1) is 0 Å². The lowest BCUT2D eigenvalue weighted by Gasteiger charge is -2.33. The van der Waals surface area contributed by atoms with Crippen molar-refractivity contribution in [1.29, 1.82) is 0 Å². The van der Waals surface area contributed by atoms with E-state index in [1.807, 2.05) is 0 Å². The second kappa shape index (κ2) is 3.29. The fourth-order valence-electron chi connectivity index (χ4n) is 1.58. The zero-order valence-electron chi connectivity index (χ0n) is 8.21. The summed E-state index contributed by atoms with van der Waals surface area (Å²) in [5, 5.41) is 0. The number of nitrogens with zero attached hydrogens (tertiary/aromatic N) is 1. The Morgan fingerprint density at radius 2 is 2.08 bits per heavy atom. The third-order valence-corrected chi connectivity index (χ3v) is 2.61. The Hall–Kier alpha value is -1.18. The van der Waals surface area contributed by atoms with E-state index in [0.29, 0.717) is 0 Å². The molecule has 2 heteroatoms. The van der Waals surface area contributed by atoms with Crippen molar-refractivity contribution in [2.75, 3.05) is 25.1 Å². The highest BCUT2D eigenvalue weighted by molar-refractivity contribution is 5.54. The van der Waals surface area contributed by atoms with Gasteiger partial charge in [-0.25, -0.2) is 0 Å². The zero-order valence-corrected chi connectivity index (χ0v) is 8.21. The van der Waals surface area contributed by atoms with E-state index >= 15 is 0 Å². The van der Waals surface area contributed by atoms with Crippen molar-refractivity contribution in [3.8, 4) is 5.75 Å². The second-order valence-corrected chi connectivity index (χ2v) is 3.49. The van der Waals surface area contributed by atoms with Gasteiger partial charge in [0.2, 0.25) is 0 Å². The fraction of sp³-hybridized carbons (Fsp3) is 0.455. The first-order valence-electron chi connectivity index (χ1n) is 4.71. The van der Waals surface area contributed by atoms with Gasteiger partial charge in [-0.05, 0) is 25.0 Å². The van der Waals surface area contributed by atoms with E-state index in [9.17, 15) is 0 Å². The van der Waals surface area contributed by atoms with Gasteiger partial charge in [-0.2, -0.15) is 0 Å². The largest absolute Gasteiger partial charge is 0.496 e. The minimum Gasteiger partial charge on any atom is -0.496 e. The van der Waals surface area contributed by atoms with Gasteiger partial charge in [0.05, 0.1) is 7.11 Å². The molecule has 0 saturated carbocycles. The van der Waals surface area contributed by atoms with Crippen LogP contribution in [0.3, 0.4) is 0 Å². The number of ether oxygens (including phenoxy) is 1. The summed E-state index contributed by atoms with van der Waals surface area (Å²) in [5.41, 5.74) is 2.49. The normalized spacial score (nSPS) is 15.4. The minimum atomic E-state index is 0.990. The third-order valence-electron chi connectivity index (χ3n) is 2.61. The Balaban J connectivity index is 2.26. The molecule has 2 nitrogen and oxygen atoms in total. The molecule has 0 radical (unpaired) electrons. The van der Waals surface area contributed by atoms with Crippen LogP contribution in [0.4, 0.5) is 5.69 Å². The smallest absolute Gasteiger partial charge is 0.123 e. The average Bonchev–Trinajstić information content (AvgIpc) is 2.05.